The summed E-state index contributed by atoms with van der Waals surface area (Å²) in [4.78, 5) is 30.9. The molecule has 0 aliphatic carbocycles. The quantitative estimate of drug-likeness (QED) is 0.438. The Hall–Kier alpha value is -2.67. The Morgan fingerprint density at radius 1 is 1.18 bits per heavy atom. The summed E-state index contributed by atoms with van der Waals surface area (Å²) < 4.78 is 68.8. The first-order valence-electron chi connectivity index (χ1n) is 12.5. The minimum Gasteiger partial charge on any atom is -0.316 e. The third-order valence-electron chi connectivity index (χ3n) is 7.33. The molecule has 212 valence electrons. The van der Waals surface area contributed by atoms with Crippen LogP contribution in [0.2, 0.25) is 5.02 Å². The van der Waals surface area contributed by atoms with Gasteiger partial charge in [0.2, 0.25) is 0 Å². The van der Waals surface area contributed by atoms with E-state index >= 15 is 0 Å². The van der Waals surface area contributed by atoms with Crippen LogP contribution in [0.25, 0.3) is 10.9 Å². The zero-order valence-corrected chi connectivity index (χ0v) is 23.4. The second-order valence-corrected chi connectivity index (χ2v) is 12.5. The smallest absolute Gasteiger partial charge is 0.316 e. The molecule has 8 nitrogen and oxygen atoms in total. The Labute approximate surface area is 228 Å². The molecule has 1 fully saturated rings. The predicted molar refractivity (Wildman–Crippen MR) is 144 cm³/mol. The van der Waals surface area contributed by atoms with Crippen molar-refractivity contribution in [1.82, 2.24) is 19.8 Å². The number of H-pyrrole nitrogens is 1. The fraction of sp³-hybridized carbons (Fsp3) is 0.462. The molecule has 1 aliphatic heterocycles. The summed E-state index contributed by atoms with van der Waals surface area (Å²) >= 11 is 6.06. The maximum atomic E-state index is 14.3. The summed E-state index contributed by atoms with van der Waals surface area (Å²) in [5.74, 6) is -0.229. The Bertz CT molecular complexity index is 1630. The maximum absolute atomic E-state index is 14.3. The highest BCUT2D eigenvalue weighted by Crippen LogP contribution is 2.36. The summed E-state index contributed by atoms with van der Waals surface area (Å²) in [6.45, 7) is 3.65. The SMILES string of the molecule is CCS(=O)(=O)c1ccc(Cl)cc1Cn1c(=O)[nH]c2c(C)c(CN3CCC[C@H](NC)C3)c(C(F)(F)F)cc2c1=O. The van der Waals surface area contributed by atoms with E-state index in [1.807, 2.05) is 11.9 Å². The molecule has 4 rings (SSSR count). The maximum Gasteiger partial charge on any atom is 0.416 e. The summed E-state index contributed by atoms with van der Waals surface area (Å²) in [5, 5.41) is 3.04. The van der Waals surface area contributed by atoms with Crippen molar-refractivity contribution in [3.05, 3.63) is 72.4 Å². The first-order valence-corrected chi connectivity index (χ1v) is 14.6. The van der Waals surface area contributed by atoms with Gasteiger partial charge in [0.15, 0.2) is 9.84 Å². The Morgan fingerprint density at radius 3 is 2.54 bits per heavy atom. The van der Waals surface area contributed by atoms with Gasteiger partial charge >= 0.3 is 11.9 Å². The van der Waals surface area contributed by atoms with Crippen LogP contribution >= 0.6 is 11.6 Å². The molecule has 0 unspecified atom stereocenters. The molecule has 3 aromatic rings. The summed E-state index contributed by atoms with van der Waals surface area (Å²) in [6, 6.07) is 4.94. The van der Waals surface area contributed by atoms with Crippen LogP contribution in [-0.2, 0) is 29.1 Å². The van der Waals surface area contributed by atoms with Gasteiger partial charge < -0.3 is 10.3 Å². The number of rotatable bonds is 7. The minimum absolute atomic E-state index is 0.00530. The Balaban J connectivity index is 1.88. The number of nitrogens with zero attached hydrogens (tertiary/aromatic N) is 2. The van der Waals surface area contributed by atoms with Crippen molar-refractivity contribution >= 4 is 32.3 Å². The number of sulfone groups is 1. The largest absolute Gasteiger partial charge is 0.416 e. The van der Waals surface area contributed by atoms with Gasteiger partial charge in [-0.05, 0) is 74.3 Å². The van der Waals surface area contributed by atoms with Crippen LogP contribution in [0.4, 0.5) is 13.2 Å². The molecule has 0 saturated carbocycles. The van der Waals surface area contributed by atoms with E-state index in [2.05, 4.69) is 10.3 Å². The van der Waals surface area contributed by atoms with Crippen LogP contribution in [0.3, 0.4) is 0 Å². The van der Waals surface area contributed by atoms with Crippen LogP contribution in [0, 0.1) is 6.92 Å². The number of nitrogens with one attached hydrogen (secondary N) is 2. The normalized spacial score (nSPS) is 17.2. The van der Waals surface area contributed by atoms with Crippen molar-refractivity contribution in [2.24, 2.45) is 0 Å². The number of hydrogen-bond acceptors (Lipinski definition) is 6. The number of hydrogen-bond donors (Lipinski definition) is 2. The van der Waals surface area contributed by atoms with E-state index in [1.54, 1.807) is 0 Å². The van der Waals surface area contributed by atoms with Crippen molar-refractivity contribution < 1.29 is 21.6 Å². The Kier molecular flexibility index (Phi) is 8.32. The molecular formula is C26H30ClF3N4O4S. The first-order chi connectivity index (χ1) is 18.3. The van der Waals surface area contributed by atoms with Gasteiger partial charge in [-0.2, -0.15) is 13.2 Å². The number of aromatic amines is 1. The molecule has 2 N–H and O–H groups in total. The third kappa shape index (κ3) is 5.93. The van der Waals surface area contributed by atoms with Crippen LogP contribution in [0.5, 0.6) is 0 Å². The van der Waals surface area contributed by atoms with Gasteiger partial charge in [-0.25, -0.2) is 13.2 Å². The van der Waals surface area contributed by atoms with Gasteiger partial charge in [0.05, 0.1) is 33.7 Å². The zero-order valence-electron chi connectivity index (χ0n) is 21.8. The lowest BCUT2D eigenvalue weighted by Gasteiger charge is -2.33. The summed E-state index contributed by atoms with van der Waals surface area (Å²) in [6.07, 6.45) is -2.98. The highest BCUT2D eigenvalue weighted by molar-refractivity contribution is 7.91. The van der Waals surface area contributed by atoms with Crippen molar-refractivity contribution in [3.8, 4) is 0 Å². The molecule has 0 amide bonds. The number of aromatic nitrogens is 2. The van der Waals surface area contributed by atoms with Gasteiger partial charge in [0, 0.05) is 24.2 Å². The van der Waals surface area contributed by atoms with Crippen LogP contribution in [-0.4, -0.2) is 54.8 Å². The second-order valence-electron chi connectivity index (χ2n) is 9.79. The van der Waals surface area contributed by atoms with E-state index in [1.165, 1.54) is 32.0 Å². The number of likely N-dealkylation sites (N-methyl/N-ethyl adjacent to an activating group) is 1. The van der Waals surface area contributed by atoms with E-state index in [4.69, 9.17) is 11.6 Å². The van der Waals surface area contributed by atoms with Gasteiger partial charge in [-0.3, -0.25) is 14.3 Å². The topological polar surface area (TPSA) is 104 Å². The first kappa shape index (κ1) is 29.3. The van der Waals surface area contributed by atoms with Crippen molar-refractivity contribution in [2.75, 3.05) is 25.9 Å². The molecule has 0 spiro atoms. The molecular weight excluding hydrogens is 557 g/mol. The summed E-state index contributed by atoms with van der Waals surface area (Å²) in [5.41, 5.74) is -2.47. The highest BCUT2D eigenvalue weighted by Gasteiger charge is 2.36. The van der Waals surface area contributed by atoms with E-state index in [0.717, 1.165) is 18.9 Å². The molecule has 1 aliphatic rings. The third-order valence-corrected chi connectivity index (χ3v) is 9.39. The molecule has 13 heteroatoms. The molecule has 1 aromatic heterocycles. The minimum atomic E-state index is -4.74. The average molecular weight is 587 g/mol. The van der Waals surface area contributed by atoms with Crippen LogP contribution < -0.4 is 16.6 Å². The number of fused-ring (bicyclic) bond motifs is 1. The van der Waals surface area contributed by atoms with E-state index in [-0.39, 0.29) is 55.9 Å². The number of benzene rings is 2. The molecule has 2 heterocycles. The average Bonchev–Trinajstić information content (AvgIpc) is 2.87. The van der Waals surface area contributed by atoms with E-state index in [0.29, 0.717) is 17.7 Å². The fourth-order valence-electron chi connectivity index (χ4n) is 5.16. The fourth-order valence-corrected chi connectivity index (χ4v) is 6.46. The van der Waals surface area contributed by atoms with Crippen molar-refractivity contribution in [3.63, 3.8) is 0 Å². The number of halogens is 4. The molecule has 0 radical (unpaired) electrons. The highest BCUT2D eigenvalue weighted by atomic mass is 35.5. The number of alkyl halides is 3. The molecule has 2 aromatic carbocycles. The van der Waals surface area contributed by atoms with Gasteiger partial charge in [0.25, 0.3) is 5.56 Å². The Morgan fingerprint density at radius 2 is 1.90 bits per heavy atom. The van der Waals surface area contributed by atoms with E-state index in [9.17, 15) is 31.2 Å². The van der Waals surface area contributed by atoms with Gasteiger partial charge in [-0.1, -0.05) is 18.5 Å². The van der Waals surface area contributed by atoms with E-state index < -0.39 is 39.4 Å². The van der Waals surface area contributed by atoms with Gasteiger partial charge in [-0.15, -0.1) is 0 Å². The van der Waals surface area contributed by atoms with Crippen LogP contribution in [0.1, 0.15) is 42.0 Å². The molecule has 39 heavy (non-hydrogen) atoms. The lowest BCUT2D eigenvalue weighted by molar-refractivity contribution is -0.138. The molecule has 1 saturated heterocycles. The standard InChI is InChI=1S/C26H30ClF3N4O4S/c1-4-39(37,38)22-8-7-17(27)10-16(22)12-34-24(35)19-11-21(26(28,29)30)20(15(2)23(19)32-25(34)36)14-33-9-5-6-18(13-33)31-3/h7-8,10-11,18,31H,4-6,9,12-14H2,1-3H3,(H,32,36)/t18-/m0/s1. The van der Waals surface area contributed by atoms with Gasteiger partial charge in [0.1, 0.15) is 0 Å². The lowest BCUT2D eigenvalue weighted by Crippen LogP contribution is -2.44. The monoisotopic (exact) mass is 586 g/mol. The number of likely N-dealkylation sites (tertiary alicyclic amines) is 1. The van der Waals surface area contributed by atoms with Crippen LogP contribution in [0.15, 0.2) is 38.8 Å². The number of aryl methyl sites for hydroxylation is 1. The molecule has 0 bridgehead atoms. The second kappa shape index (κ2) is 11.1. The molecule has 1 atom stereocenters. The van der Waals surface area contributed by atoms with Crippen molar-refractivity contribution in [2.45, 2.75) is 56.9 Å². The lowest BCUT2D eigenvalue weighted by atomic mass is 9.96. The predicted octanol–water partition coefficient (Wildman–Crippen LogP) is 3.70. The summed E-state index contributed by atoms with van der Waals surface area (Å²) in [7, 11) is -1.92. The zero-order chi connectivity index (χ0) is 28.7. The van der Waals surface area contributed by atoms with Crippen molar-refractivity contribution in [1.29, 1.82) is 0 Å². The number of piperidine rings is 1.